The van der Waals surface area contributed by atoms with Crippen LogP contribution in [0, 0.1) is 0 Å². The van der Waals surface area contributed by atoms with Gasteiger partial charge in [0.1, 0.15) is 0 Å². The van der Waals surface area contributed by atoms with Gasteiger partial charge in [0.05, 0.1) is 24.3 Å². The summed E-state index contributed by atoms with van der Waals surface area (Å²) in [6.07, 6.45) is 11.8. The molecule has 1 aliphatic carbocycles. The van der Waals surface area contributed by atoms with Gasteiger partial charge in [-0.3, -0.25) is 9.58 Å². The molecule has 0 unspecified atom stereocenters. The van der Waals surface area contributed by atoms with Gasteiger partial charge in [-0.15, -0.1) is 0 Å². The first-order chi connectivity index (χ1) is 17.5. The highest BCUT2D eigenvalue weighted by atomic mass is 32.2. The van der Waals surface area contributed by atoms with E-state index in [0.29, 0.717) is 17.6 Å². The Balaban J connectivity index is 1.36. The number of morpholine rings is 1. The minimum Gasteiger partial charge on any atom is -0.379 e. The van der Waals surface area contributed by atoms with Gasteiger partial charge in [0.25, 0.3) is 10.0 Å². The van der Waals surface area contributed by atoms with Crippen molar-refractivity contribution in [3.05, 3.63) is 66.7 Å². The number of aryl methyl sites for hydroxylation is 1. The summed E-state index contributed by atoms with van der Waals surface area (Å²) in [5, 5.41) is 5.16. The van der Waals surface area contributed by atoms with Crippen molar-refractivity contribution in [1.82, 2.24) is 23.6 Å². The van der Waals surface area contributed by atoms with Crippen LogP contribution in [0.15, 0.2) is 66.1 Å². The molecule has 1 saturated heterocycles. The molecular formula is C27H31N5O3S. The first kappa shape index (κ1) is 23.4. The van der Waals surface area contributed by atoms with Crippen LogP contribution in [-0.2, 0) is 21.8 Å². The largest absolute Gasteiger partial charge is 0.379 e. The molecule has 9 heteroatoms. The van der Waals surface area contributed by atoms with Crippen LogP contribution in [0.25, 0.3) is 22.2 Å². The molecule has 8 nitrogen and oxygen atoms in total. The standard InChI is InChI=1S/C27H31N5O3S/c1-30-18-22(17-29-30)26-19-32(36(33,34)24-5-3-2-4-6-24)27-25(26)15-21(16-28-27)20-7-9-23(10-8-20)31-11-13-35-14-12-31/h2-6,15-20,23H,7-14H2,1H3/t20-,23+. The number of fused-ring (bicyclic) bond motifs is 1. The summed E-state index contributed by atoms with van der Waals surface area (Å²) in [6, 6.07) is 11.3. The summed E-state index contributed by atoms with van der Waals surface area (Å²) < 4.78 is 35.7. The van der Waals surface area contributed by atoms with Gasteiger partial charge in [-0.25, -0.2) is 17.4 Å². The van der Waals surface area contributed by atoms with Gasteiger partial charge in [0, 0.05) is 61.3 Å². The molecule has 1 saturated carbocycles. The van der Waals surface area contributed by atoms with Crippen LogP contribution in [0.5, 0.6) is 0 Å². The summed E-state index contributed by atoms with van der Waals surface area (Å²) in [6.45, 7) is 3.72. The maximum absolute atomic E-state index is 13.6. The molecule has 0 spiro atoms. The maximum atomic E-state index is 13.6. The van der Waals surface area contributed by atoms with Crippen molar-refractivity contribution < 1.29 is 13.2 Å². The fraction of sp³-hybridized carbons (Fsp3) is 0.407. The van der Waals surface area contributed by atoms with Crippen LogP contribution < -0.4 is 0 Å². The molecule has 1 aliphatic heterocycles. The van der Waals surface area contributed by atoms with E-state index >= 15 is 0 Å². The summed E-state index contributed by atoms with van der Waals surface area (Å²) >= 11 is 0. The van der Waals surface area contributed by atoms with E-state index < -0.39 is 10.0 Å². The Morgan fingerprint density at radius 2 is 1.72 bits per heavy atom. The van der Waals surface area contributed by atoms with Crippen LogP contribution in [0.4, 0.5) is 0 Å². The van der Waals surface area contributed by atoms with Crippen LogP contribution >= 0.6 is 0 Å². The van der Waals surface area contributed by atoms with E-state index in [2.05, 4.69) is 16.1 Å². The first-order valence-corrected chi connectivity index (χ1v) is 14.1. The minimum absolute atomic E-state index is 0.243. The molecule has 6 rings (SSSR count). The van der Waals surface area contributed by atoms with Crippen LogP contribution in [-0.4, -0.2) is 64.4 Å². The molecular weight excluding hydrogens is 474 g/mol. The number of aromatic nitrogens is 4. The summed E-state index contributed by atoms with van der Waals surface area (Å²) in [4.78, 5) is 7.56. The van der Waals surface area contributed by atoms with Gasteiger partial charge < -0.3 is 4.74 Å². The number of hydrogen-bond acceptors (Lipinski definition) is 6. The second-order valence-corrected chi connectivity index (χ2v) is 11.7. The van der Waals surface area contributed by atoms with Gasteiger partial charge in [-0.05, 0) is 55.4 Å². The lowest BCUT2D eigenvalue weighted by Gasteiger charge is -2.38. The van der Waals surface area contributed by atoms with E-state index in [1.807, 2.05) is 25.5 Å². The maximum Gasteiger partial charge on any atom is 0.269 e. The van der Waals surface area contributed by atoms with Crippen LogP contribution in [0.1, 0.15) is 37.2 Å². The minimum atomic E-state index is -3.79. The van der Waals surface area contributed by atoms with Crippen molar-refractivity contribution in [3.63, 3.8) is 0 Å². The Labute approximate surface area is 211 Å². The fourth-order valence-corrected chi connectivity index (χ4v) is 7.06. The molecule has 0 atom stereocenters. The summed E-state index contributed by atoms with van der Waals surface area (Å²) in [5.41, 5.74) is 3.33. The third-order valence-corrected chi connectivity index (χ3v) is 9.34. The van der Waals surface area contributed by atoms with Gasteiger partial charge in [0.2, 0.25) is 0 Å². The lowest BCUT2D eigenvalue weighted by Crippen LogP contribution is -2.44. The number of benzene rings is 1. The highest BCUT2D eigenvalue weighted by Crippen LogP contribution is 2.38. The highest BCUT2D eigenvalue weighted by molar-refractivity contribution is 7.90. The molecule has 2 fully saturated rings. The molecule has 0 amide bonds. The quantitative estimate of drug-likeness (QED) is 0.407. The third-order valence-electron chi connectivity index (χ3n) is 7.68. The zero-order chi connectivity index (χ0) is 24.7. The predicted octanol–water partition coefficient (Wildman–Crippen LogP) is 4.03. The second-order valence-electron chi connectivity index (χ2n) is 9.85. The van der Waals surface area contributed by atoms with Crippen molar-refractivity contribution >= 4 is 21.1 Å². The predicted molar refractivity (Wildman–Crippen MR) is 138 cm³/mol. The molecule has 0 bridgehead atoms. The molecule has 36 heavy (non-hydrogen) atoms. The van der Waals surface area contributed by atoms with Gasteiger partial charge in [0.15, 0.2) is 5.65 Å². The van der Waals surface area contributed by atoms with Gasteiger partial charge in [-0.2, -0.15) is 5.10 Å². The number of nitrogens with zero attached hydrogens (tertiary/aromatic N) is 5. The molecule has 4 heterocycles. The smallest absolute Gasteiger partial charge is 0.269 e. The molecule has 2 aliphatic rings. The lowest BCUT2D eigenvalue weighted by molar-refractivity contribution is 0.00729. The monoisotopic (exact) mass is 505 g/mol. The van der Waals surface area contributed by atoms with E-state index in [1.54, 1.807) is 41.3 Å². The van der Waals surface area contributed by atoms with Crippen molar-refractivity contribution in [3.8, 4) is 11.1 Å². The van der Waals surface area contributed by atoms with E-state index in [9.17, 15) is 8.42 Å². The Morgan fingerprint density at radius 1 is 0.972 bits per heavy atom. The average Bonchev–Trinajstić information content (AvgIpc) is 3.53. The summed E-state index contributed by atoms with van der Waals surface area (Å²) in [5.74, 6) is 0.426. The molecule has 188 valence electrons. The highest BCUT2D eigenvalue weighted by Gasteiger charge is 2.29. The average molecular weight is 506 g/mol. The van der Waals surface area contributed by atoms with Crippen molar-refractivity contribution in [2.45, 2.75) is 42.5 Å². The zero-order valence-electron chi connectivity index (χ0n) is 20.5. The second kappa shape index (κ2) is 9.46. The van der Waals surface area contributed by atoms with Crippen molar-refractivity contribution in [2.75, 3.05) is 26.3 Å². The third kappa shape index (κ3) is 4.25. The molecule has 3 aromatic heterocycles. The number of rotatable bonds is 5. The number of pyridine rings is 1. The Hall–Kier alpha value is -3.01. The first-order valence-electron chi connectivity index (χ1n) is 12.6. The van der Waals surface area contributed by atoms with E-state index in [-0.39, 0.29) is 4.90 Å². The number of hydrogen-bond donors (Lipinski definition) is 0. The SMILES string of the molecule is Cn1cc(-c2cn(S(=O)(=O)c3ccccc3)c3ncc([C@H]4CC[C@@H](N5CCOCC5)CC4)cc23)cn1. The summed E-state index contributed by atoms with van der Waals surface area (Å²) in [7, 11) is -1.93. The zero-order valence-corrected chi connectivity index (χ0v) is 21.3. The van der Waals surface area contributed by atoms with E-state index in [4.69, 9.17) is 9.72 Å². The van der Waals surface area contributed by atoms with Gasteiger partial charge >= 0.3 is 0 Å². The molecule has 0 N–H and O–H groups in total. The topological polar surface area (TPSA) is 82.2 Å². The van der Waals surface area contributed by atoms with E-state index in [1.165, 1.54) is 22.4 Å². The van der Waals surface area contributed by atoms with E-state index in [0.717, 1.165) is 55.7 Å². The van der Waals surface area contributed by atoms with Crippen molar-refractivity contribution in [2.24, 2.45) is 7.05 Å². The Bertz CT molecular complexity index is 1460. The molecule has 4 aromatic rings. The number of ether oxygens (including phenoxy) is 1. The Morgan fingerprint density at radius 3 is 2.42 bits per heavy atom. The lowest BCUT2D eigenvalue weighted by atomic mass is 9.81. The normalized spacial score (nSPS) is 21.7. The molecule has 1 aromatic carbocycles. The van der Waals surface area contributed by atoms with Crippen LogP contribution in [0.3, 0.4) is 0 Å². The van der Waals surface area contributed by atoms with Gasteiger partial charge in [-0.1, -0.05) is 18.2 Å². The Kier molecular flexibility index (Phi) is 6.15. The van der Waals surface area contributed by atoms with Crippen molar-refractivity contribution in [1.29, 1.82) is 0 Å². The molecule has 0 radical (unpaired) electrons. The van der Waals surface area contributed by atoms with Crippen LogP contribution in [0.2, 0.25) is 0 Å². The fourth-order valence-electron chi connectivity index (χ4n) is 5.72.